The largest absolute Gasteiger partial charge is 0.491 e. The van der Waals surface area contributed by atoms with E-state index in [4.69, 9.17) is 16.3 Å². The third kappa shape index (κ3) is 5.95. The van der Waals surface area contributed by atoms with Crippen LogP contribution in [0.15, 0.2) is 42.5 Å². The van der Waals surface area contributed by atoms with Gasteiger partial charge < -0.3 is 10.1 Å². The van der Waals surface area contributed by atoms with Crippen LogP contribution in [-0.4, -0.2) is 26.7 Å². The fourth-order valence-electron chi connectivity index (χ4n) is 2.03. The maximum absolute atomic E-state index is 12.3. The predicted octanol–water partition coefficient (Wildman–Crippen LogP) is 3.75. The van der Waals surface area contributed by atoms with Gasteiger partial charge in [0, 0.05) is 11.3 Å². The summed E-state index contributed by atoms with van der Waals surface area (Å²) in [4.78, 5) is 12.3. The molecule has 0 unspecified atom stereocenters. The van der Waals surface area contributed by atoms with Crippen molar-refractivity contribution in [2.45, 2.75) is 20.0 Å². The molecule has 0 atom stereocenters. The molecule has 0 aromatic heterocycles. The second-order valence-electron chi connectivity index (χ2n) is 5.71. The molecular formula is C17H19ClN2O4S. The van der Waals surface area contributed by atoms with E-state index in [2.05, 4.69) is 10.0 Å². The summed E-state index contributed by atoms with van der Waals surface area (Å²) in [6.07, 6.45) is 1.10. The van der Waals surface area contributed by atoms with Crippen LogP contribution in [0.4, 0.5) is 11.4 Å². The topological polar surface area (TPSA) is 84.5 Å². The number of sulfonamides is 1. The molecule has 2 aromatic carbocycles. The minimum absolute atomic E-state index is 0.0710. The van der Waals surface area contributed by atoms with Gasteiger partial charge in [0.05, 0.1) is 23.1 Å². The highest BCUT2D eigenvalue weighted by atomic mass is 35.5. The molecular weight excluding hydrogens is 364 g/mol. The van der Waals surface area contributed by atoms with Crippen molar-refractivity contribution in [2.75, 3.05) is 16.3 Å². The van der Waals surface area contributed by atoms with Crippen LogP contribution in [0.5, 0.6) is 5.75 Å². The summed E-state index contributed by atoms with van der Waals surface area (Å²) in [6.45, 7) is 3.86. The van der Waals surface area contributed by atoms with Gasteiger partial charge in [-0.1, -0.05) is 11.6 Å². The van der Waals surface area contributed by atoms with Crippen molar-refractivity contribution in [3.63, 3.8) is 0 Å². The Hall–Kier alpha value is -2.25. The highest BCUT2D eigenvalue weighted by Crippen LogP contribution is 2.24. The number of hydrogen-bond donors (Lipinski definition) is 2. The molecule has 2 rings (SSSR count). The van der Waals surface area contributed by atoms with E-state index in [1.54, 1.807) is 24.3 Å². The van der Waals surface area contributed by atoms with Crippen LogP contribution in [0.25, 0.3) is 0 Å². The molecule has 0 aliphatic carbocycles. The molecule has 0 radical (unpaired) electrons. The third-order valence-electron chi connectivity index (χ3n) is 3.01. The Balaban J connectivity index is 2.09. The molecule has 0 aliphatic heterocycles. The van der Waals surface area contributed by atoms with Crippen molar-refractivity contribution >= 4 is 38.9 Å². The molecule has 0 bridgehead atoms. The van der Waals surface area contributed by atoms with Gasteiger partial charge in [-0.2, -0.15) is 0 Å². The zero-order valence-corrected chi connectivity index (χ0v) is 15.6. The van der Waals surface area contributed by atoms with Gasteiger partial charge in [0.25, 0.3) is 5.91 Å². The minimum atomic E-state index is -3.44. The maximum atomic E-state index is 12.3. The normalized spacial score (nSPS) is 11.2. The summed E-state index contributed by atoms with van der Waals surface area (Å²) in [6, 6.07) is 11.3. The summed E-state index contributed by atoms with van der Waals surface area (Å²) in [7, 11) is -3.44. The van der Waals surface area contributed by atoms with Crippen LogP contribution in [0.3, 0.4) is 0 Å². The average molecular weight is 383 g/mol. The van der Waals surface area contributed by atoms with E-state index in [9.17, 15) is 13.2 Å². The quantitative estimate of drug-likeness (QED) is 0.796. The zero-order valence-electron chi connectivity index (χ0n) is 14.0. The first-order valence-electron chi connectivity index (χ1n) is 7.49. The number of carbonyl (C=O) groups is 1. The lowest BCUT2D eigenvalue weighted by Gasteiger charge is -2.11. The minimum Gasteiger partial charge on any atom is -0.491 e. The number of carbonyl (C=O) groups excluding carboxylic acids is 1. The summed E-state index contributed by atoms with van der Waals surface area (Å²) < 4.78 is 30.3. The summed E-state index contributed by atoms with van der Waals surface area (Å²) >= 11 is 6.03. The molecule has 2 aromatic rings. The van der Waals surface area contributed by atoms with E-state index in [0.717, 1.165) is 6.26 Å². The van der Waals surface area contributed by atoms with Gasteiger partial charge in [0.1, 0.15) is 5.75 Å². The van der Waals surface area contributed by atoms with Crippen LogP contribution >= 0.6 is 11.6 Å². The second-order valence-corrected chi connectivity index (χ2v) is 7.87. The predicted molar refractivity (Wildman–Crippen MR) is 100 cm³/mol. The smallest absolute Gasteiger partial charge is 0.255 e. The first-order valence-corrected chi connectivity index (χ1v) is 9.76. The molecule has 0 heterocycles. The number of amides is 1. The number of rotatable bonds is 6. The summed E-state index contributed by atoms with van der Waals surface area (Å²) in [5.74, 6) is 0.359. The van der Waals surface area contributed by atoms with Crippen LogP contribution in [0.1, 0.15) is 24.2 Å². The number of ether oxygens (including phenoxy) is 1. The average Bonchev–Trinajstić information content (AvgIpc) is 2.49. The molecule has 134 valence electrons. The van der Waals surface area contributed by atoms with Crippen molar-refractivity contribution in [1.29, 1.82) is 0 Å². The van der Waals surface area contributed by atoms with Crippen LogP contribution in [0, 0.1) is 0 Å². The lowest BCUT2D eigenvalue weighted by atomic mass is 10.2. The second kappa shape index (κ2) is 7.76. The van der Waals surface area contributed by atoms with E-state index in [-0.39, 0.29) is 22.7 Å². The Morgan fingerprint density at radius 3 is 2.28 bits per heavy atom. The van der Waals surface area contributed by atoms with Crippen LogP contribution in [0.2, 0.25) is 5.02 Å². The Bertz CT molecular complexity index is 865. The lowest BCUT2D eigenvalue weighted by Crippen LogP contribution is -2.13. The Morgan fingerprint density at radius 1 is 1.12 bits per heavy atom. The Labute approximate surface area is 152 Å². The van der Waals surface area contributed by atoms with Gasteiger partial charge in [-0.15, -0.1) is 0 Å². The number of benzene rings is 2. The SMILES string of the molecule is CC(C)Oc1ccc(NC(=O)c2ccc(NS(C)(=O)=O)c(Cl)c2)cc1. The standard InChI is InChI=1S/C17H19ClN2O4S/c1-11(2)24-14-7-5-13(6-8-14)19-17(21)12-4-9-16(15(18)10-12)20-25(3,22)23/h4-11,20H,1-3H3,(H,19,21). The first-order chi connectivity index (χ1) is 11.6. The molecule has 0 aliphatic rings. The molecule has 6 nitrogen and oxygen atoms in total. The zero-order chi connectivity index (χ0) is 18.6. The highest BCUT2D eigenvalue weighted by molar-refractivity contribution is 7.92. The Kier molecular flexibility index (Phi) is 5.92. The third-order valence-corrected chi connectivity index (χ3v) is 3.91. The summed E-state index contributed by atoms with van der Waals surface area (Å²) in [5, 5.41) is 2.88. The van der Waals surface area contributed by atoms with Crippen molar-refractivity contribution in [3.8, 4) is 5.75 Å². The van der Waals surface area contributed by atoms with Crippen molar-refractivity contribution in [2.24, 2.45) is 0 Å². The molecule has 0 fully saturated rings. The summed E-state index contributed by atoms with van der Waals surface area (Å²) in [5.41, 5.74) is 1.14. The lowest BCUT2D eigenvalue weighted by molar-refractivity contribution is 0.102. The monoisotopic (exact) mass is 382 g/mol. The van der Waals surface area contributed by atoms with Crippen molar-refractivity contribution in [3.05, 3.63) is 53.1 Å². The number of anilines is 2. The van der Waals surface area contributed by atoms with E-state index in [1.807, 2.05) is 13.8 Å². The molecule has 0 saturated heterocycles. The number of halogens is 1. The van der Waals surface area contributed by atoms with Gasteiger partial charge in [0.15, 0.2) is 0 Å². The van der Waals surface area contributed by atoms with Gasteiger partial charge in [-0.05, 0) is 56.3 Å². The fraction of sp³-hybridized carbons (Fsp3) is 0.235. The van der Waals surface area contributed by atoms with E-state index in [0.29, 0.717) is 17.0 Å². The van der Waals surface area contributed by atoms with Crippen molar-refractivity contribution < 1.29 is 17.9 Å². The number of hydrogen-bond acceptors (Lipinski definition) is 4. The van der Waals surface area contributed by atoms with E-state index < -0.39 is 10.0 Å². The van der Waals surface area contributed by atoms with Gasteiger partial charge in [-0.3, -0.25) is 9.52 Å². The van der Waals surface area contributed by atoms with E-state index >= 15 is 0 Å². The molecule has 0 saturated carbocycles. The molecule has 0 spiro atoms. The van der Waals surface area contributed by atoms with Crippen LogP contribution in [-0.2, 0) is 10.0 Å². The maximum Gasteiger partial charge on any atom is 0.255 e. The van der Waals surface area contributed by atoms with Gasteiger partial charge in [-0.25, -0.2) is 8.42 Å². The molecule has 2 N–H and O–H groups in total. The Morgan fingerprint density at radius 2 is 1.76 bits per heavy atom. The van der Waals surface area contributed by atoms with Gasteiger partial charge >= 0.3 is 0 Å². The molecule has 25 heavy (non-hydrogen) atoms. The molecule has 1 amide bonds. The molecule has 8 heteroatoms. The van der Waals surface area contributed by atoms with Crippen LogP contribution < -0.4 is 14.8 Å². The first kappa shape index (κ1) is 19.1. The number of nitrogens with one attached hydrogen (secondary N) is 2. The van der Waals surface area contributed by atoms with Crippen molar-refractivity contribution in [1.82, 2.24) is 0 Å². The van der Waals surface area contributed by atoms with Gasteiger partial charge in [0.2, 0.25) is 10.0 Å². The highest BCUT2D eigenvalue weighted by Gasteiger charge is 2.11. The fourth-order valence-corrected chi connectivity index (χ4v) is 2.89. The van der Waals surface area contributed by atoms with E-state index in [1.165, 1.54) is 18.2 Å².